The van der Waals surface area contributed by atoms with E-state index in [9.17, 15) is 4.79 Å². The molecule has 5 nitrogen and oxygen atoms in total. The summed E-state index contributed by atoms with van der Waals surface area (Å²) in [5, 5.41) is 11.9. The third-order valence-electron chi connectivity index (χ3n) is 2.76. The standard InChI is InChI=1S/C15H13N3O2/c1-20-15(19)13-8-12(6-7-14(13)17)18-11-4-2-10(9-16)3-5-11/h2-8,18H,17H2,1H3. The van der Waals surface area contributed by atoms with Gasteiger partial charge in [-0.25, -0.2) is 4.79 Å². The van der Waals surface area contributed by atoms with Crippen LogP contribution in [-0.4, -0.2) is 13.1 Å². The molecule has 0 amide bonds. The van der Waals surface area contributed by atoms with Gasteiger partial charge in [-0.2, -0.15) is 5.26 Å². The van der Waals surface area contributed by atoms with Gasteiger partial charge >= 0.3 is 5.97 Å². The fourth-order valence-electron chi connectivity index (χ4n) is 1.72. The Morgan fingerprint density at radius 2 is 1.85 bits per heavy atom. The number of hydrogen-bond acceptors (Lipinski definition) is 5. The van der Waals surface area contributed by atoms with E-state index in [0.717, 1.165) is 5.69 Å². The average Bonchev–Trinajstić information content (AvgIpc) is 2.49. The Bertz CT molecular complexity index is 673. The molecule has 0 saturated carbocycles. The molecule has 0 radical (unpaired) electrons. The van der Waals surface area contributed by atoms with Crippen molar-refractivity contribution >= 4 is 23.0 Å². The van der Waals surface area contributed by atoms with Gasteiger partial charge in [0.25, 0.3) is 0 Å². The fourth-order valence-corrected chi connectivity index (χ4v) is 1.72. The van der Waals surface area contributed by atoms with Crippen LogP contribution in [0.1, 0.15) is 15.9 Å². The smallest absolute Gasteiger partial charge is 0.340 e. The van der Waals surface area contributed by atoms with E-state index in [-0.39, 0.29) is 0 Å². The highest BCUT2D eigenvalue weighted by molar-refractivity contribution is 5.96. The van der Waals surface area contributed by atoms with Crippen molar-refractivity contribution in [1.82, 2.24) is 0 Å². The Morgan fingerprint density at radius 1 is 1.20 bits per heavy atom. The van der Waals surface area contributed by atoms with Gasteiger partial charge in [-0.15, -0.1) is 0 Å². The SMILES string of the molecule is COC(=O)c1cc(Nc2ccc(C#N)cc2)ccc1N. The molecule has 5 heteroatoms. The number of rotatable bonds is 3. The molecule has 0 heterocycles. The number of nitrogens with zero attached hydrogens (tertiary/aromatic N) is 1. The molecule has 0 fully saturated rings. The maximum absolute atomic E-state index is 11.6. The number of hydrogen-bond donors (Lipinski definition) is 2. The topological polar surface area (TPSA) is 88.1 Å². The first-order valence-electron chi connectivity index (χ1n) is 5.89. The van der Waals surface area contributed by atoms with E-state index in [1.54, 1.807) is 42.5 Å². The number of nitrogens with two attached hydrogens (primary N) is 1. The average molecular weight is 267 g/mol. The predicted molar refractivity (Wildman–Crippen MR) is 76.6 cm³/mol. The van der Waals surface area contributed by atoms with Crippen molar-refractivity contribution < 1.29 is 9.53 Å². The van der Waals surface area contributed by atoms with Crippen molar-refractivity contribution in [2.45, 2.75) is 0 Å². The first-order chi connectivity index (χ1) is 9.63. The molecule has 0 spiro atoms. The van der Waals surface area contributed by atoms with Crippen LogP contribution in [-0.2, 0) is 4.74 Å². The highest BCUT2D eigenvalue weighted by Gasteiger charge is 2.10. The molecular formula is C15H13N3O2. The van der Waals surface area contributed by atoms with Crippen LogP contribution < -0.4 is 11.1 Å². The number of nitrogen functional groups attached to an aromatic ring is 1. The zero-order chi connectivity index (χ0) is 14.5. The molecule has 0 aliphatic rings. The lowest BCUT2D eigenvalue weighted by Gasteiger charge is -2.09. The zero-order valence-electron chi connectivity index (χ0n) is 10.9. The van der Waals surface area contributed by atoms with Crippen LogP contribution in [0.4, 0.5) is 17.1 Å². The van der Waals surface area contributed by atoms with Gasteiger partial charge in [-0.3, -0.25) is 0 Å². The number of methoxy groups -OCH3 is 1. The lowest BCUT2D eigenvalue weighted by Crippen LogP contribution is -2.06. The third-order valence-corrected chi connectivity index (χ3v) is 2.76. The highest BCUT2D eigenvalue weighted by Crippen LogP contribution is 2.22. The molecule has 0 aromatic heterocycles. The summed E-state index contributed by atoms with van der Waals surface area (Å²) in [5.41, 5.74) is 8.52. The minimum absolute atomic E-state index is 0.311. The summed E-state index contributed by atoms with van der Waals surface area (Å²) < 4.78 is 4.67. The van der Waals surface area contributed by atoms with Gasteiger partial charge in [0.15, 0.2) is 0 Å². The quantitative estimate of drug-likeness (QED) is 0.659. The molecule has 2 aromatic rings. The van der Waals surface area contributed by atoms with Gasteiger partial charge < -0.3 is 15.8 Å². The van der Waals surface area contributed by atoms with E-state index in [1.807, 2.05) is 0 Å². The van der Waals surface area contributed by atoms with Gasteiger partial charge in [0, 0.05) is 17.1 Å². The van der Waals surface area contributed by atoms with Crippen LogP contribution >= 0.6 is 0 Å². The minimum Gasteiger partial charge on any atom is -0.465 e. The predicted octanol–water partition coefficient (Wildman–Crippen LogP) is 2.67. The molecule has 0 unspecified atom stereocenters. The number of esters is 1. The van der Waals surface area contributed by atoms with Crippen LogP contribution in [0.15, 0.2) is 42.5 Å². The third kappa shape index (κ3) is 2.87. The Balaban J connectivity index is 2.25. The molecule has 3 N–H and O–H groups in total. The van der Waals surface area contributed by atoms with Crippen LogP contribution in [0, 0.1) is 11.3 Å². The summed E-state index contributed by atoms with van der Waals surface area (Å²) in [6.07, 6.45) is 0. The largest absolute Gasteiger partial charge is 0.465 e. The maximum Gasteiger partial charge on any atom is 0.340 e. The molecule has 20 heavy (non-hydrogen) atoms. The van der Waals surface area contributed by atoms with Crippen LogP contribution in [0.5, 0.6) is 0 Å². The Kier molecular flexibility index (Phi) is 3.87. The summed E-state index contributed by atoms with van der Waals surface area (Å²) >= 11 is 0. The monoisotopic (exact) mass is 267 g/mol. The van der Waals surface area contributed by atoms with Gasteiger partial charge in [0.1, 0.15) is 0 Å². The molecule has 0 bridgehead atoms. The number of benzene rings is 2. The minimum atomic E-state index is -0.481. The van der Waals surface area contributed by atoms with Gasteiger partial charge in [-0.1, -0.05) is 0 Å². The summed E-state index contributed by atoms with van der Waals surface area (Å²) in [6, 6.07) is 14.1. The molecule has 2 rings (SSSR count). The fraction of sp³-hybridized carbons (Fsp3) is 0.0667. The Morgan fingerprint density at radius 3 is 2.45 bits per heavy atom. The first kappa shape index (κ1) is 13.4. The van der Waals surface area contributed by atoms with Crippen molar-refractivity contribution in [3.8, 4) is 6.07 Å². The van der Waals surface area contributed by atoms with Gasteiger partial charge in [-0.05, 0) is 42.5 Å². The lowest BCUT2D eigenvalue weighted by molar-refractivity contribution is 0.0602. The second kappa shape index (κ2) is 5.76. The van der Waals surface area contributed by atoms with Crippen molar-refractivity contribution in [2.75, 3.05) is 18.2 Å². The van der Waals surface area contributed by atoms with Gasteiger partial charge in [0.2, 0.25) is 0 Å². The van der Waals surface area contributed by atoms with E-state index in [1.165, 1.54) is 7.11 Å². The molecular weight excluding hydrogens is 254 g/mol. The Labute approximate surface area is 116 Å². The van der Waals surface area contributed by atoms with Crippen LogP contribution in [0.2, 0.25) is 0 Å². The van der Waals surface area contributed by atoms with E-state index < -0.39 is 5.97 Å². The maximum atomic E-state index is 11.6. The van der Waals surface area contributed by atoms with Crippen molar-refractivity contribution in [1.29, 1.82) is 5.26 Å². The number of carbonyl (C=O) groups is 1. The van der Waals surface area contributed by atoms with E-state index in [4.69, 9.17) is 11.0 Å². The van der Waals surface area contributed by atoms with Crippen molar-refractivity contribution in [3.05, 3.63) is 53.6 Å². The number of nitriles is 1. The molecule has 0 atom stereocenters. The van der Waals surface area contributed by atoms with Crippen LogP contribution in [0.3, 0.4) is 0 Å². The molecule has 100 valence electrons. The second-order valence-corrected chi connectivity index (χ2v) is 4.11. The number of carbonyl (C=O) groups excluding carboxylic acids is 1. The second-order valence-electron chi connectivity index (χ2n) is 4.11. The molecule has 0 saturated heterocycles. The lowest BCUT2D eigenvalue weighted by atomic mass is 10.1. The Hall–Kier alpha value is -3.00. The van der Waals surface area contributed by atoms with Gasteiger partial charge in [0.05, 0.1) is 24.3 Å². The van der Waals surface area contributed by atoms with E-state index >= 15 is 0 Å². The van der Waals surface area contributed by atoms with Crippen LogP contribution in [0.25, 0.3) is 0 Å². The summed E-state index contributed by atoms with van der Waals surface area (Å²) in [5.74, 6) is -0.481. The highest BCUT2D eigenvalue weighted by atomic mass is 16.5. The van der Waals surface area contributed by atoms with E-state index in [0.29, 0.717) is 22.5 Å². The molecule has 2 aromatic carbocycles. The number of nitrogens with one attached hydrogen (secondary N) is 1. The number of anilines is 3. The van der Waals surface area contributed by atoms with E-state index in [2.05, 4.69) is 16.1 Å². The summed E-state index contributed by atoms with van der Waals surface area (Å²) in [7, 11) is 1.31. The molecule has 0 aliphatic heterocycles. The zero-order valence-corrected chi connectivity index (χ0v) is 10.9. The summed E-state index contributed by atoms with van der Waals surface area (Å²) in [4.78, 5) is 11.6. The summed E-state index contributed by atoms with van der Waals surface area (Å²) in [6.45, 7) is 0. The normalized spacial score (nSPS) is 9.60. The molecule has 0 aliphatic carbocycles. The number of ether oxygens (including phenoxy) is 1. The first-order valence-corrected chi connectivity index (χ1v) is 5.89. The van der Waals surface area contributed by atoms with Crippen molar-refractivity contribution in [2.24, 2.45) is 0 Å². The van der Waals surface area contributed by atoms with Crippen molar-refractivity contribution in [3.63, 3.8) is 0 Å².